The van der Waals surface area contributed by atoms with Crippen molar-refractivity contribution in [2.24, 2.45) is 0 Å². The number of aryl methyl sites for hydroxylation is 3. The van der Waals surface area contributed by atoms with Gasteiger partial charge in [0.25, 0.3) is 15.9 Å². The van der Waals surface area contributed by atoms with Gasteiger partial charge in [-0.2, -0.15) is 13.2 Å². The predicted molar refractivity (Wildman–Crippen MR) is 135 cm³/mol. The third kappa shape index (κ3) is 7.83. The molecular weight excluding hydrogens is 513 g/mol. The molecule has 0 atom stereocenters. The number of hydrogen-bond donors (Lipinski definition) is 3. The summed E-state index contributed by atoms with van der Waals surface area (Å²) in [5.41, 5.74) is 4.05. The molecule has 0 spiro atoms. The van der Waals surface area contributed by atoms with Gasteiger partial charge in [0.2, 0.25) is 0 Å². The number of piperazine rings is 1. The fourth-order valence-electron chi connectivity index (χ4n) is 3.98. The second-order valence-electron chi connectivity index (χ2n) is 8.80. The van der Waals surface area contributed by atoms with Crippen molar-refractivity contribution >= 4 is 33.3 Å². The number of carboxylic acids is 1. The van der Waals surface area contributed by atoms with Crippen molar-refractivity contribution in [3.05, 3.63) is 52.6 Å². The highest BCUT2D eigenvalue weighted by molar-refractivity contribution is 7.92. The van der Waals surface area contributed by atoms with E-state index in [1.807, 2.05) is 25.1 Å². The van der Waals surface area contributed by atoms with Crippen molar-refractivity contribution in [3.8, 4) is 0 Å². The summed E-state index contributed by atoms with van der Waals surface area (Å²) in [6.45, 7) is 8.72. The maximum absolute atomic E-state index is 13.4. The molecule has 1 amide bonds. The third-order valence-electron chi connectivity index (χ3n) is 5.47. The predicted octanol–water partition coefficient (Wildman–Crippen LogP) is 3.16. The summed E-state index contributed by atoms with van der Waals surface area (Å²) < 4.78 is 61.2. The van der Waals surface area contributed by atoms with Crippen molar-refractivity contribution in [1.29, 1.82) is 0 Å². The number of halogens is 3. The van der Waals surface area contributed by atoms with Crippen molar-refractivity contribution < 1.29 is 36.3 Å². The van der Waals surface area contributed by atoms with Crippen LogP contribution >= 0.6 is 0 Å². The Balaban J connectivity index is 0.000000604. The number of sulfonamides is 1. The Hall–Kier alpha value is -3.32. The van der Waals surface area contributed by atoms with Gasteiger partial charge in [0.15, 0.2) is 0 Å². The van der Waals surface area contributed by atoms with Gasteiger partial charge in [0.05, 0.1) is 16.3 Å². The first-order valence-electron chi connectivity index (χ1n) is 11.3. The number of hydrogen-bond acceptors (Lipinski definition) is 6. The number of benzene rings is 2. The normalized spacial score (nSPS) is 13.9. The number of carbonyl (C=O) groups is 2. The number of carbonyl (C=O) groups excluding carboxylic acids is 1. The molecular formula is C24H31F3N4O5S. The number of aliphatic carboxylic acids is 1. The Morgan fingerprint density at radius 2 is 1.54 bits per heavy atom. The van der Waals surface area contributed by atoms with E-state index in [4.69, 9.17) is 9.90 Å². The molecule has 1 aliphatic rings. The standard InChI is InChI=1S/C22H30N4O3S.C2HF3O2/c1-15-12-16(2)21(17(3)13-15)30(28,29)24-19-14-18(22(27)25(4)5)6-7-20(19)26-10-8-23-9-11-26;3-2(4,5)1(6)7/h6-7,12-14,23-24H,8-11H2,1-5H3;(H,6,7). The zero-order chi connectivity index (χ0) is 28.1. The molecule has 1 aliphatic heterocycles. The molecule has 1 fully saturated rings. The van der Waals surface area contributed by atoms with Crippen LogP contribution in [0.2, 0.25) is 0 Å². The van der Waals surface area contributed by atoms with Gasteiger partial charge in [-0.3, -0.25) is 9.52 Å². The quantitative estimate of drug-likeness (QED) is 0.529. The summed E-state index contributed by atoms with van der Waals surface area (Å²) in [5, 5.41) is 10.4. The molecule has 1 saturated heterocycles. The number of rotatable bonds is 5. The molecule has 0 aliphatic carbocycles. The number of anilines is 2. The molecule has 0 radical (unpaired) electrons. The Bertz CT molecular complexity index is 1230. The van der Waals surface area contributed by atoms with E-state index in [9.17, 15) is 26.4 Å². The number of alkyl halides is 3. The molecule has 3 rings (SSSR count). The van der Waals surface area contributed by atoms with Crippen LogP contribution in [0, 0.1) is 20.8 Å². The lowest BCUT2D eigenvalue weighted by Gasteiger charge is -2.31. The highest BCUT2D eigenvalue weighted by Crippen LogP contribution is 2.32. The largest absolute Gasteiger partial charge is 0.490 e. The van der Waals surface area contributed by atoms with Gasteiger partial charge in [0.1, 0.15) is 0 Å². The van der Waals surface area contributed by atoms with E-state index < -0.39 is 22.2 Å². The van der Waals surface area contributed by atoms with Gasteiger partial charge < -0.3 is 20.2 Å². The molecule has 204 valence electrons. The first-order chi connectivity index (χ1) is 17.0. The maximum Gasteiger partial charge on any atom is 0.490 e. The Labute approximate surface area is 214 Å². The van der Waals surface area contributed by atoms with Crippen LogP contribution in [0.3, 0.4) is 0 Å². The average molecular weight is 545 g/mol. The Morgan fingerprint density at radius 1 is 1.03 bits per heavy atom. The van der Waals surface area contributed by atoms with Crippen LogP contribution in [0.4, 0.5) is 24.5 Å². The molecule has 9 nitrogen and oxygen atoms in total. The van der Waals surface area contributed by atoms with Crippen molar-refractivity contribution in [3.63, 3.8) is 0 Å². The van der Waals surface area contributed by atoms with Crippen LogP contribution in [0.1, 0.15) is 27.0 Å². The number of carboxylic acid groups (broad SMARTS) is 1. The second kappa shape index (κ2) is 11.8. The fraction of sp³-hybridized carbons (Fsp3) is 0.417. The minimum Gasteiger partial charge on any atom is -0.475 e. The van der Waals surface area contributed by atoms with Gasteiger partial charge in [-0.25, -0.2) is 13.2 Å². The first kappa shape index (κ1) is 29.9. The summed E-state index contributed by atoms with van der Waals surface area (Å²) in [5.74, 6) is -2.93. The van der Waals surface area contributed by atoms with Crippen LogP contribution in [0.5, 0.6) is 0 Å². The molecule has 0 aromatic heterocycles. The number of amides is 1. The van der Waals surface area contributed by atoms with Gasteiger partial charge >= 0.3 is 12.1 Å². The van der Waals surface area contributed by atoms with E-state index in [0.717, 1.165) is 37.4 Å². The minimum atomic E-state index is -5.08. The van der Waals surface area contributed by atoms with Crippen LogP contribution in [-0.2, 0) is 14.8 Å². The second-order valence-corrected chi connectivity index (χ2v) is 10.4. The molecule has 2 aromatic rings. The molecule has 2 aromatic carbocycles. The first-order valence-corrected chi connectivity index (χ1v) is 12.7. The van der Waals surface area contributed by atoms with Crippen LogP contribution < -0.4 is 14.9 Å². The van der Waals surface area contributed by atoms with E-state index in [2.05, 4.69) is 14.9 Å². The molecule has 1 heterocycles. The molecule has 3 N–H and O–H groups in total. The fourth-order valence-corrected chi connectivity index (χ4v) is 5.50. The van der Waals surface area contributed by atoms with Gasteiger partial charge in [-0.1, -0.05) is 17.7 Å². The van der Waals surface area contributed by atoms with Gasteiger partial charge in [-0.05, 0) is 50.1 Å². The zero-order valence-corrected chi connectivity index (χ0v) is 22.0. The topological polar surface area (TPSA) is 119 Å². The summed E-state index contributed by atoms with van der Waals surface area (Å²) in [6, 6.07) is 8.94. The van der Waals surface area contributed by atoms with Crippen LogP contribution in [-0.4, -0.2) is 76.8 Å². The van der Waals surface area contributed by atoms with E-state index in [-0.39, 0.29) is 10.8 Å². The van der Waals surface area contributed by atoms with Gasteiger partial charge in [-0.15, -0.1) is 0 Å². The maximum atomic E-state index is 13.4. The summed E-state index contributed by atoms with van der Waals surface area (Å²) in [7, 11) is -0.480. The zero-order valence-electron chi connectivity index (χ0n) is 21.2. The van der Waals surface area contributed by atoms with Gasteiger partial charge in [0, 0.05) is 45.8 Å². The Morgan fingerprint density at radius 3 is 2.00 bits per heavy atom. The minimum absolute atomic E-state index is 0.176. The highest BCUT2D eigenvalue weighted by atomic mass is 32.2. The third-order valence-corrected chi connectivity index (χ3v) is 7.14. The average Bonchev–Trinajstić information content (AvgIpc) is 2.77. The van der Waals surface area contributed by atoms with Crippen molar-refractivity contribution in [2.45, 2.75) is 31.8 Å². The lowest BCUT2D eigenvalue weighted by Crippen LogP contribution is -2.43. The van der Waals surface area contributed by atoms with Crippen LogP contribution in [0.15, 0.2) is 35.2 Å². The smallest absolute Gasteiger partial charge is 0.475 e. The molecule has 37 heavy (non-hydrogen) atoms. The van der Waals surface area contributed by atoms with Crippen LogP contribution in [0.25, 0.3) is 0 Å². The molecule has 0 unspecified atom stereocenters. The summed E-state index contributed by atoms with van der Waals surface area (Å²) >= 11 is 0. The summed E-state index contributed by atoms with van der Waals surface area (Å²) in [6.07, 6.45) is -5.08. The SMILES string of the molecule is Cc1cc(C)c(S(=O)(=O)Nc2cc(C(=O)N(C)C)ccc2N2CCNCC2)c(C)c1.O=C(O)C(F)(F)F. The monoisotopic (exact) mass is 544 g/mol. The van der Waals surface area contributed by atoms with Crippen molar-refractivity contribution in [2.75, 3.05) is 49.9 Å². The number of nitrogens with one attached hydrogen (secondary N) is 2. The van der Waals surface area contributed by atoms with E-state index in [1.54, 1.807) is 40.1 Å². The lowest BCUT2D eigenvalue weighted by molar-refractivity contribution is -0.192. The van der Waals surface area contributed by atoms with E-state index in [0.29, 0.717) is 22.4 Å². The molecule has 0 saturated carbocycles. The lowest BCUT2D eigenvalue weighted by atomic mass is 10.1. The number of nitrogens with zero attached hydrogens (tertiary/aromatic N) is 2. The Kier molecular flexibility index (Phi) is 9.55. The van der Waals surface area contributed by atoms with E-state index >= 15 is 0 Å². The highest BCUT2D eigenvalue weighted by Gasteiger charge is 2.38. The molecule has 0 bridgehead atoms. The van der Waals surface area contributed by atoms with E-state index in [1.165, 1.54) is 4.90 Å². The van der Waals surface area contributed by atoms with Crippen molar-refractivity contribution in [1.82, 2.24) is 10.2 Å². The summed E-state index contributed by atoms with van der Waals surface area (Å²) in [4.78, 5) is 25.3. The molecule has 13 heteroatoms.